The number of nitrogens with one attached hydrogen (secondary N) is 2. The van der Waals surface area contributed by atoms with Gasteiger partial charge >= 0.3 is 0 Å². The first-order valence-corrected chi connectivity index (χ1v) is 28.9. The molecular weight excluding hydrogens is 1060 g/mol. The highest BCUT2D eigenvalue weighted by Gasteiger charge is 2.41. The number of imide groups is 1. The number of benzene rings is 3. The van der Waals surface area contributed by atoms with Gasteiger partial charge in [-0.3, -0.25) is 53.2 Å². The first-order chi connectivity index (χ1) is 39.9. The highest BCUT2D eigenvalue weighted by Crippen LogP contribution is 2.45. The number of likely N-dealkylation sites (tertiary alicyclic amines) is 1. The number of ketones is 2. The zero-order valence-corrected chi connectivity index (χ0v) is 48.4. The van der Waals surface area contributed by atoms with Gasteiger partial charge in [-0.15, -0.1) is 0 Å². The molecule has 3 aromatic carbocycles. The normalized spacial score (nSPS) is 19.6. The maximum absolute atomic E-state index is 14.1. The number of hydrogen-bond acceptors (Lipinski definition) is 15. The van der Waals surface area contributed by atoms with Crippen LogP contribution >= 0.6 is 0 Å². The number of hydrogen-bond donors (Lipinski definition) is 2. The maximum atomic E-state index is 14.1. The van der Waals surface area contributed by atoms with Gasteiger partial charge in [-0.1, -0.05) is 46.8 Å². The van der Waals surface area contributed by atoms with Crippen LogP contribution in [-0.2, 0) is 33.5 Å². The van der Waals surface area contributed by atoms with Gasteiger partial charge in [0.05, 0.1) is 74.7 Å². The fourth-order valence-electron chi connectivity index (χ4n) is 11.0. The van der Waals surface area contributed by atoms with E-state index in [1.54, 1.807) is 59.3 Å². The number of nitrogens with zero attached hydrogens (tertiary/aromatic N) is 5. The van der Waals surface area contributed by atoms with Crippen molar-refractivity contribution in [3.8, 4) is 23.0 Å². The molecule has 5 atom stereocenters. The molecule has 2 N–H and O–H groups in total. The quantitative estimate of drug-likeness (QED) is 0.0512. The molecule has 0 radical (unpaired) electrons. The predicted molar refractivity (Wildman–Crippen MR) is 310 cm³/mol. The molecule has 0 spiro atoms. The van der Waals surface area contributed by atoms with Gasteiger partial charge in [0, 0.05) is 113 Å². The van der Waals surface area contributed by atoms with Crippen LogP contribution < -0.4 is 29.6 Å². The van der Waals surface area contributed by atoms with Crippen molar-refractivity contribution in [1.82, 2.24) is 20.0 Å². The first kappa shape index (κ1) is 59.6. The number of fused-ring (bicyclic) bond motifs is 4. The van der Waals surface area contributed by atoms with Gasteiger partial charge < -0.3 is 44.1 Å². The zero-order chi connectivity index (χ0) is 59.1. The molecule has 0 aromatic heterocycles. The van der Waals surface area contributed by atoms with E-state index < -0.39 is 12.0 Å². The summed E-state index contributed by atoms with van der Waals surface area (Å²) in [6.45, 7) is 10.1. The molecular formula is C63H75N7O13. The first-order valence-electron chi connectivity index (χ1n) is 28.9. The highest BCUT2D eigenvalue weighted by atomic mass is 16.5. The number of rotatable bonds is 28. The summed E-state index contributed by atoms with van der Waals surface area (Å²) >= 11 is 0. The van der Waals surface area contributed by atoms with Gasteiger partial charge in [-0.25, -0.2) is 0 Å². The molecule has 20 heteroatoms. The molecule has 3 aromatic rings. The minimum absolute atomic E-state index is 0.00332. The SMILES string of the molecule is COc1cc2c(cc1OCCCOc1cc3c(cc1OC)C(=O)N1C=C(C4CC4)C[C@H]1C=N3)N=C[C@@H]1CC(c3ccc(NC(=O)[C@H](C)CC(=O)[C@@H](NC(=O)CCOCCCC(=O)CCN4C(=O)CC(C(C)C)C4=O)C(C)C)cc3)=CN1C2=O. The van der Waals surface area contributed by atoms with E-state index in [2.05, 4.69) is 10.6 Å². The van der Waals surface area contributed by atoms with Crippen LogP contribution in [0, 0.1) is 29.6 Å². The monoisotopic (exact) mass is 1140 g/mol. The van der Waals surface area contributed by atoms with Gasteiger partial charge in [0.25, 0.3) is 11.8 Å². The van der Waals surface area contributed by atoms with E-state index in [1.807, 2.05) is 58.4 Å². The Labute approximate surface area is 484 Å². The molecule has 2 fully saturated rings. The molecule has 5 heterocycles. The van der Waals surface area contributed by atoms with Crippen molar-refractivity contribution >= 4 is 82.1 Å². The molecule has 9 rings (SSSR count). The van der Waals surface area contributed by atoms with Crippen LogP contribution in [0.4, 0.5) is 17.1 Å². The van der Waals surface area contributed by atoms with Crippen LogP contribution in [0.15, 0.2) is 76.5 Å². The molecule has 6 aliphatic rings. The summed E-state index contributed by atoms with van der Waals surface area (Å²) in [6, 6.07) is 12.8. The predicted octanol–water partition coefficient (Wildman–Crippen LogP) is 8.60. The zero-order valence-electron chi connectivity index (χ0n) is 48.4. The Morgan fingerprint density at radius 1 is 0.687 bits per heavy atom. The number of carbonyl (C=O) groups excluding carboxylic acids is 8. The van der Waals surface area contributed by atoms with E-state index >= 15 is 0 Å². The van der Waals surface area contributed by atoms with Crippen LogP contribution in [0.5, 0.6) is 23.0 Å². The van der Waals surface area contributed by atoms with Crippen LogP contribution in [0.1, 0.15) is 132 Å². The number of amides is 6. The van der Waals surface area contributed by atoms with Gasteiger partial charge in [0.2, 0.25) is 23.6 Å². The molecule has 1 aliphatic carbocycles. The van der Waals surface area contributed by atoms with Crippen molar-refractivity contribution < 1.29 is 62.0 Å². The third-order valence-electron chi connectivity index (χ3n) is 16.1. The van der Waals surface area contributed by atoms with Crippen molar-refractivity contribution in [3.63, 3.8) is 0 Å². The fraction of sp³-hybridized carbons (Fsp3) is 0.492. The lowest BCUT2D eigenvalue weighted by molar-refractivity contribution is -0.140. The second kappa shape index (κ2) is 26.5. The lowest BCUT2D eigenvalue weighted by Gasteiger charge is -2.23. The molecule has 1 saturated heterocycles. The Balaban J connectivity index is 0.696. The molecule has 0 bridgehead atoms. The largest absolute Gasteiger partial charge is 0.493 e. The van der Waals surface area contributed by atoms with Gasteiger partial charge in [-0.2, -0.15) is 0 Å². The van der Waals surface area contributed by atoms with Crippen molar-refractivity contribution in [3.05, 3.63) is 83.2 Å². The van der Waals surface area contributed by atoms with E-state index in [0.717, 1.165) is 17.6 Å². The molecule has 6 amide bonds. The Bertz CT molecular complexity index is 3140. The highest BCUT2D eigenvalue weighted by molar-refractivity contribution is 6.07. The summed E-state index contributed by atoms with van der Waals surface area (Å²) in [5, 5.41) is 5.70. The molecule has 1 unspecified atom stereocenters. The van der Waals surface area contributed by atoms with Crippen LogP contribution in [0.25, 0.3) is 5.57 Å². The maximum Gasteiger partial charge on any atom is 0.260 e. The molecule has 5 aliphatic heterocycles. The third-order valence-corrected chi connectivity index (χ3v) is 16.1. The summed E-state index contributed by atoms with van der Waals surface area (Å²) in [6.07, 6.45) is 12.4. The summed E-state index contributed by atoms with van der Waals surface area (Å²) in [5.41, 5.74) is 5.40. The summed E-state index contributed by atoms with van der Waals surface area (Å²) in [7, 11) is 3.05. The summed E-state index contributed by atoms with van der Waals surface area (Å²) in [5.74, 6) is -0.802. The van der Waals surface area contributed by atoms with E-state index in [0.29, 0.717) is 76.4 Å². The van der Waals surface area contributed by atoms with E-state index in [-0.39, 0.29) is 142 Å². The second-order valence-corrected chi connectivity index (χ2v) is 22.9. The number of ether oxygens (including phenoxy) is 5. The van der Waals surface area contributed by atoms with Gasteiger partial charge in [-0.05, 0) is 84.4 Å². The molecule has 1 saturated carbocycles. The van der Waals surface area contributed by atoms with E-state index in [9.17, 15) is 38.4 Å². The minimum Gasteiger partial charge on any atom is -0.493 e. The fourth-order valence-corrected chi connectivity index (χ4v) is 11.0. The van der Waals surface area contributed by atoms with Crippen molar-refractivity contribution in [2.75, 3.05) is 52.5 Å². The summed E-state index contributed by atoms with van der Waals surface area (Å²) in [4.78, 5) is 119. The lowest BCUT2D eigenvalue weighted by Crippen LogP contribution is -2.45. The number of anilines is 1. The molecule has 440 valence electrons. The Kier molecular flexibility index (Phi) is 19.0. The smallest absolute Gasteiger partial charge is 0.260 e. The van der Waals surface area contributed by atoms with Crippen LogP contribution in [-0.4, -0.2) is 139 Å². The average Bonchev–Trinajstić information content (AvgIpc) is 3.52. The van der Waals surface area contributed by atoms with Crippen molar-refractivity contribution in [2.45, 2.75) is 123 Å². The Morgan fingerprint density at radius 2 is 1.30 bits per heavy atom. The number of carbonyl (C=O) groups is 8. The lowest BCUT2D eigenvalue weighted by atomic mass is 9.92. The van der Waals surface area contributed by atoms with Crippen molar-refractivity contribution in [2.24, 2.45) is 39.6 Å². The topological polar surface area (TPSA) is 241 Å². The number of Topliss-reactive ketones (excluding diaryl/α,β-unsaturated/α-hetero) is 2. The number of aliphatic imine (C=N–C) groups is 2. The molecule has 83 heavy (non-hydrogen) atoms. The van der Waals surface area contributed by atoms with Gasteiger partial charge in [0.15, 0.2) is 28.8 Å². The minimum atomic E-state index is -0.808. The number of methoxy groups -OCH3 is 2. The van der Waals surface area contributed by atoms with Crippen LogP contribution in [0.2, 0.25) is 0 Å². The Morgan fingerprint density at radius 3 is 1.88 bits per heavy atom. The molecule has 20 nitrogen and oxygen atoms in total. The van der Waals surface area contributed by atoms with E-state index in [4.69, 9.17) is 33.7 Å². The average molecular weight is 1140 g/mol. The Hall–Kier alpha value is -8.00. The third kappa shape index (κ3) is 14.1. The second-order valence-electron chi connectivity index (χ2n) is 22.9. The van der Waals surface area contributed by atoms with E-state index in [1.165, 1.54) is 37.5 Å². The van der Waals surface area contributed by atoms with Crippen molar-refractivity contribution in [1.29, 1.82) is 0 Å². The summed E-state index contributed by atoms with van der Waals surface area (Å²) < 4.78 is 29.2. The standard InChI is InChI=1S/C63H75N7O13/c1-36(2)47-29-58(74)68(61(47)76)19-17-46(71)10-8-20-81-23-18-57(73)67-59(37(3)4)52(72)24-38(5)60(75)66-43-15-13-40(14-16-43)42-26-45-33-65-51-31-56(54(80-7)28-49(51)63(78)70(45)35-42)83-22-9-21-82-55-30-50-48(27-53(55)79-6)62(77)69-34-41(39-11-12-39)25-44(69)32-64-50/h13-16,27-28,30-39,44-45,47,59H,8-12,17-26,29H2,1-7H3,(H,66,75)(H,67,73)/t38-,44+,45+,47?,59+/m1/s1. The van der Waals surface area contributed by atoms with Crippen LogP contribution in [0.3, 0.4) is 0 Å². The van der Waals surface area contributed by atoms with Gasteiger partial charge in [0.1, 0.15) is 5.78 Å².